The number of hydrogen-bond donors (Lipinski definition) is 1. The number of likely N-dealkylation sites (N-methyl/N-ethyl adjacent to an activating group) is 1. The van der Waals surface area contributed by atoms with Crippen molar-refractivity contribution in [3.63, 3.8) is 0 Å². The number of nitrogens with zero attached hydrogens (tertiary/aromatic N) is 2. The molecule has 106 valence electrons. The highest BCUT2D eigenvalue weighted by molar-refractivity contribution is 5.76. The molecule has 0 spiro atoms. The van der Waals surface area contributed by atoms with Crippen LogP contribution in [0, 0.1) is 11.8 Å². The molecule has 5 heteroatoms. The number of aliphatic hydroxyl groups is 1. The number of methoxy groups -OCH3 is 1. The summed E-state index contributed by atoms with van der Waals surface area (Å²) in [7, 11) is 3.40. The number of benzene rings is 1. The first-order chi connectivity index (χ1) is 9.65. The minimum atomic E-state index is -0.184. The number of ether oxygens (including phenoxy) is 1. The zero-order chi connectivity index (χ0) is 14.5. The van der Waals surface area contributed by atoms with Gasteiger partial charge in [0.15, 0.2) is 0 Å². The van der Waals surface area contributed by atoms with Crippen LogP contribution in [0.4, 0.5) is 4.79 Å². The maximum atomic E-state index is 11.9. The van der Waals surface area contributed by atoms with Crippen molar-refractivity contribution in [1.82, 2.24) is 9.80 Å². The van der Waals surface area contributed by atoms with Gasteiger partial charge in [-0.15, -0.1) is 0 Å². The first kappa shape index (κ1) is 14.2. The van der Waals surface area contributed by atoms with E-state index in [9.17, 15) is 4.79 Å². The zero-order valence-corrected chi connectivity index (χ0v) is 11.7. The first-order valence-corrected chi connectivity index (χ1v) is 6.42. The fourth-order valence-corrected chi connectivity index (χ4v) is 2.14. The van der Waals surface area contributed by atoms with Crippen LogP contribution in [0.2, 0.25) is 0 Å². The van der Waals surface area contributed by atoms with Gasteiger partial charge in [-0.05, 0) is 23.8 Å². The van der Waals surface area contributed by atoms with Gasteiger partial charge in [0, 0.05) is 32.2 Å². The number of rotatable bonds is 3. The molecule has 1 aromatic carbocycles. The van der Waals surface area contributed by atoms with Crippen molar-refractivity contribution in [2.24, 2.45) is 0 Å². The van der Waals surface area contributed by atoms with Crippen LogP contribution in [0.1, 0.15) is 11.1 Å². The molecule has 1 aliphatic rings. The molecule has 5 nitrogen and oxygen atoms in total. The topological polar surface area (TPSA) is 53.0 Å². The van der Waals surface area contributed by atoms with Crippen LogP contribution in [-0.4, -0.2) is 54.8 Å². The van der Waals surface area contributed by atoms with Gasteiger partial charge < -0.3 is 19.6 Å². The van der Waals surface area contributed by atoms with E-state index in [0.717, 1.165) is 23.4 Å². The molecule has 0 unspecified atom stereocenters. The Balaban J connectivity index is 2.26. The van der Waals surface area contributed by atoms with Gasteiger partial charge in [0.05, 0.1) is 7.11 Å². The predicted octanol–water partition coefficient (Wildman–Crippen LogP) is 0.906. The van der Waals surface area contributed by atoms with Gasteiger partial charge in [0.2, 0.25) is 0 Å². The third kappa shape index (κ3) is 3.03. The van der Waals surface area contributed by atoms with Crippen LogP contribution >= 0.6 is 0 Å². The van der Waals surface area contributed by atoms with Crippen molar-refractivity contribution in [2.75, 3.05) is 33.9 Å². The van der Waals surface area contributed by atoms with Gasteiger partial charge in [-0.3, -0.25) is 0 Å². The number of hydrogen-bond acceptors (Lipinski definition) is 3. The Bertz CT molecular complexity index is 560. The van der Waals surface area contributed by atoms with Crippen LogP contribution < -0.4 is 4.74 Å². The fraction of sp³-hybridized carbons (Fsp3) is 0.400. The Morgan fingerprint density at radius 3 is 2.80 bits per heavy atom. The lowest BCUT2D eigenvalue weighted by molar-refractivity contribution is 0.197. The molecule has 2 amide bonds. The quantitative estimate of drug-likeness (QED) is 0.833. The molecule has 0 bridgehead atoms. The zero-order valence-electron chi connectivity index (χ0n) is 11.7. The summed E-state index contributed by atoms with van der Waals surface area (Å²) < 4.78 is 5.22. The molecule has 1 aromatic rings. The second-order valence-electron chi connectivity index (χ2n) is 4.61. The lowest BCUT2D eigenvalue weighted by Gasteiger charge is -2.17. The summed E-state index contributed by atoms with van der Waals surface area (Å²) in [5, 5.41) is 8.81. The molecule has 1 fully saturated rings. The van der Waals surface area contributed by atoms with Gasteiger partial charge in [-0.1, -0.05) is 11.8 Å². The molecule has 1 saturated heterocycles. The van der Waals surface area contributed by atoms with E-state index in [1.807, 2.05) is 18.2 Å². The molecule has 1 N–H and O–H groups in total. The van der Waals surface area contributed by atoms with Gasteiger partial charge in [0.25, 0.3) is 0 Å². The van der Waals surface area contributed by atoms with E-state index in [4.69, 9.17) is 9.84 Å². The van der Waals surface area contributed by atoms with Crippen molar-refractivity contribution in [2.45, 2.75) is 6.54 Å². The van der Waals surface area contributed by atoms with Crippen LogP contribution in [-0.2, 0) is 6.54 Å². The molecule has 0 radical (unpaired) electrons. The Labute approximate surface area is 118 Å². The van der Waals surface area contributed by atoms with Crippen molar-refractivity contribution in [1.29, 1.82) is 0 Å². The third-order valence-electron chi connectivity index (χ3n) is 3.28. The van der Waals surface area contributed by atoms with E-state index >= 15 is 0 Å². The summed E-state index contributed by atoms with van der Waals surface area (Å²) in [6.07, 6.45) is 0. The first-order valence-electron chi connectivity index (χ1n) is 6.42. The highest BCUT2D eigenvalue weighted by Gasteiger charge is 2.25. The van der Waals surface area contributed by atoms with E-state index in [-0.39, 0.29) is 12.6 Å². The Morgan fingerprint density at radius 1 is 1.40 bits per heavy atom. The molecule has 20 heavy (non-hydrogen) atoms. The Hall–Kier alpha value is -2.19. The van der Waals surface area contributed by atoms with Crippen LogP contribution in [0.3, 0.4) is 0 Å². The molecule has 2 rings (SSSR count). The van der Waals surface area contributed by atoms with Crippen LogP contribution in [0.25, 0.3) is 0 Å². The number of carbonyl (C=O) groups excluding carboxylic acids is 1. The highest BCUT2D eigenvalue weighted by atomic mass is 16.5. The number of aliphatic hydroxyl groups excluding tert-OH is 1. The minimum absolute atomic E-state index is 0.0221. The minimum Gasteiger partial charge on any atom is -0.497 e. The monoisotopic (exact) mass is 274 g/mol. The molecule has 0 aliphatic carbocycles. The van der Waals surface area contributed by atoms with Crippen LogP contribution in [0.15, 0.2) is 18.2 Å². The number of carbonyl (C=O) groups is 1. The average Bonchev–Trinajstić information content (AvgIpc) is 2.78. The molecular weight excluding hydrogens is 256 g/mol. The molecular formula is C15H18N2O3. The summed E-state index contributed by atoms with van der Waals surface area (Å²) in [4.78, 5) is 15.4. The lowest BCUT2D eigenvalue weighted by Crippen LogP contribution is -2.29. The van der Waals surface area contributed by atoms with Gasteiger partial charge in [-0.25, -0.2) is 4.79 Å². The average molecular weight is 274 g/mol. The van der Waals surface area contributed by atoms with E-state index in [0.29, 0.717) is 13.1 Å². The molecule has 0 atom stereocenters. The fourth-order valence-electron chi connectivity index (χ4n) is 2.14. The van der Waals surface area contributed by atoms with Crippen molar-refractivity contribution in [3.05, 3.63) is 29.3 Å². The van der Waals surface area contributed by atoms with E-state index in [2.05, 4.69) is 11.8 Å². The van der Waals surface area contributed by atoms with E-state index in [1.54, 1.807) is 24.0 Å². The summed E-state index contributed by atoms with van der Waals surface area (Å²) in [6, 6.07) is 5.57. The molecule has 1 heterocycles. The number of urea groups is 1. The molecule has 1 aliphatic heterocycles. The second kappa shape index (κ2) is 6.31. The van der Waals surface area contributed by atoms with E-state index < -0.39 is 0 Å². The summed E-state index contributed by atoms with van der Waals surface area (Å²) in [5.41, 5.74) is 1.73. The van der Waals surface area contributed by atoms with Crippen molar-refractivity contribution >= 4 is 6.03 Å². The summed E-state index contributed by atoms with van der Waals surface area (Å²) in [5.74, 6) is 6.28. The highest BCUT2D eigenvalue weighted by Crippen LogP contribution is 2.20. The van der Waals surface area contributed by atoms with Gasteiger partial charge in [-0.2, -0.15) is 0 Å². The smallest absolute Gasteiger partial charge is 0.320 e. The van der Waals surface area contributed by atoms with Gasteiger partial charge in [0.1, 0.15) is 12.4 Å². The van der Waals surface area contributed by atoms with E-state index in [1.165, 1.54) is 0 Å². The SMILES string of the molecule is COc1ccc(C#CCO)c(CN2CCN(C)C2=O)c1. The Morgan fingerprint density at radius 2 is 2.20 bits per heavy atom. The largest absolute Gasteiger partial charge is 0.497 e. The van der Waals surface area contributed by atoms with Crippen molar-refractivity contribution < 1.29 is 14.6 Å². The number of amides is 2. The standard InChI is InChI=1S/C15H18N2O3/c1-16-7-8-17(15(16)19)11-13-10-14(20-2)6-5-12(13)4-3-9-18/h5-6,10,18H,7-9,11H2,1-2H3. The molecule has 0 saturated carbocycles. The lowest BCUT2D eigenvalue weighted by atomic mass is 10.1. The van der Waals surface area contributed by atoms with Crippen molar-refractivity contribution in [3.8, 4) is 17.6 Å². The normalized spacial score (nSPS) is 14.2. The van der Waals surface area contributed by atoms with Gasteiger partial charge >= 0.3 is 6.03 Å². The molecule has 0 aromatic heterocycles. The predicted molar refractivity (Wildman–Crippen MR) is 75.4 cm³/mol. The Kier molecular flexibility index (Phi) is 4.49. The summed E-state index contributed by atoms with van der Waals surface area (Å²) in [6.45, 7) is 1.76. The maximum Gasteiger partial charge on any atom is 0.320 e. The third-order valence-corrected chi connectivity index (χ3v) is 3.28. The maximum absolute atomic E-state index is 11.9. The summed E-state index contributed by atoms with van der Waals surface area (Å²) >= 11 is 0. The second-order valence-corrected chi connectivity index (χ2v) is 4.61. The van der Waals surface area contributed by atoms with Crippen LogP contribution in [0.5, 0.6) is 5.75 Å².